The molecule has 1 aromatic rings. The van der Waals surface area contributed by atoms with Crippen molar-refractivity contribution in [1.82, 2.24) is 4.72 Å². The van der Waals surface area contributed by atoms with Gasteiger partial charge in [0.05, 0.1) is 10.9 Å². The van der Waals surface area contributed by atoms with E-state index in [-0.39, 0.29) is 16.7 Å². The SMILES string of the molecule is CCCCCC[C@H](CC)[C@H](CO)NS(=O)(=O)c1ccc(Cl)s1. The summed E-state index contributed by atoms with van der Waals surface area (Å²) in [6.45, 7) is 4.00. The number of halogens is 1. The molecule has 0 saturated heterocycles. The first-order valence-electron chi connectivity index (χ1n) is 7.83. The number of unbranched alkanes of at least 4 members (excludes halogenated alkanes) is 3. The lowest BCUT2D eigenvalue weighted by Crippen LogP contribution is -2.42. The molecule has 0 aliphatic heterocycles. The molecular weight excluding hydrogens is 342 g/mol. The molecule has 1 rings (SSSR count). The number of hydrogen-bond donors (Lipinski definition) is 2. The second-order valence-corrected chi connectivity index (χ2v) is 9.14. The molecule has 2 N–H and O–H groups in total. The second-order valence-electron chi connectivity index (χ2n) is 5.49. The van der Waals surface area contributed by atoms with Crippen molar-refractivity contribution in [2.24, 2.45) is 5.92 Å². The van der Waals surface area contributed by atoms with Crippen molar-refractivity contribution in [3.8, 4) is 0 Å². The molecule has 128 valence electrons. The molecule has 0 radical (unpaired) electrons. The summed E-state index contributed by atoms with van der Waals surface area (Å²) < 4.78 is 27.9. The fourth-order valence-corrected chi connectivity index (χ4v) is 5.30. The lowest BCUT2D eigenvalue weighted by molar-refractivity contribution is 0.203. The molecule has 7 heteroatoms. The third-order valence-corrected chi connectivity index (χ3v) is 7.05. The van der Waals surface area contributed by atoms with E-state index >= 15 is 0 Å². The average Bonchev–Trinajstić information content (AvgIpc) is 2.93. The summed E-state index contributed by atoms with van der Waals surface area (Å²) in [5.41, 5.74) is 0. The summed E-state index contributed by atoms with van der Waals surface area (Å²) in [7, 11) is -3.62. The van der Waals surface area contributed by atoms with Crippen molar-refractivity contribution < 1.29 is 13.5 Å². The topological polar surface area (TPSA) is 66.4 Å². The highest BCUT2D eigenvalue weighted by atomic mass is 35.5. The Balaban J connectivity index is 2.68. The minimum Gasteiger partial charge on any atom is -0.395 e. The summed E-state index contributed by atoms with van der Waals surface area (Å²) >= 11 is 6.83. The predicted molar refractivity (Wildman–Crippen MR) is 93.1 cm³/mol. The zero-order chi connectivity index (χ0) is 16.6. The van der Waals surface area contributed by atoms with Crippen LogP contribution in [0.1, 0.15) is 52.4 Å². The van der Waals surface area contributed by atoms with Crippen molar-refractivity contribution in [3.63, 3.8) is 0 Å². The summed E-state index contributed by atoms with van der Waals surface area (Å²) in [6.07, 6.45) is 6.35. The quantitative estimate of drug-likeness (QED) is 0.580. The first-order chi connectivity index (χ1) is 10.4. The fraction of sp³-hybridized carbons (Fsp3) is 0.733. The van der Waals surface area contributed by atoms with Gasteiger partial charge in [0.15, 0.2) is 0 Å². The second kappa shape index (κ2) is 9.88. The van der Waals surface area contributed by atoms with Crippen LogP contribution in [-0.2, 0) is 10.0 Å². The highest BCUT2D eigenvalue weighted by Gasteiger charge is 2.26. The number of aliphatic hydroxyl groups is 1. The Bertz CT molecular complexity index is 531. The summed E-state index contributed by atoms with van der Waals surface area (Å²) in [5, 5.41) is 9.60. The van der Waals surface area contributed by atoms with E-state index in [9.17, 15) is 13.5 Å². The third kappa shape index (κ3) is 6.16. The van der Waals surface area contributed by atoms with E-state index < -0.39 is 16.1 Å². The van der Waals surface area contributed by atoms with Gasteiger partial charge in [-0.1, -0.05) is 57.6 Å². The Kier molecular flexibility index (Phi) is 8.94. The van der Waals surface area contributed by atoms with Gasteiger partial charge in [-0.25, -0.2) is 13.1 Å². The van der Waals surface area contributed by atoms with Gasteiger partial charge < -0.3 is 5.11 Å². The van der Waals surface area contributed by atoms with Crippen molar-refractivity contribution in [1.29, 1.82) is 0 Å². The summed E-state index contributed by atoms with van der Waals surface area (Å²) in [5.74, 6) is 0.145. The summed E-state index contributed by atoms with van der Waals surface area (Å²) in [4.78, 5) is 0. The molecule has 0 fully saturated rings. The van der Waals surface area contributed by atoms with Gasteiger partial charge in [-0.3, -0.25) is 0 Å². The van der Waals surface area contributed by atoms with Gasteiger partial charge in [0, 0.05) is 6.04 Å². The smallest absolute Gasteiger partial charge is 0.250 e. The molecule has 4 nitrogen and oxygen atoms in total. The van der Waals surface area contributed by atoms with E-state index in [1.54, 1.807) is 6.07 Å². The van der Waals surface area contributed by atoms with Crippen LogP contribution in [0.4, 0.5) is 0 Å². The molecule has 0 spiro atoms. The van der Waals surface area contributed by atoms with Crippen molar-refractivity contribution in [2.45, 2.75) is 62.6 Å². The standard InChI is InChI=1S/C15H26ClNO3S2/c1-3-5-6-7-8-12(4-2)13(11-18)17-22(19,20)15-10-9-14(16)21-15/h9-10,12-13,17-18H,3-8,11H2,1-2H3/t12-,13-/m0/s1. The Morgan fingerprint density at radius 1 is 1.27 bits per heavy atom. The zero-order valence-electron chi connectivity index (χ0n) is 13.2. The molecule has 1 aromatic heterocycles. The molecule has 1 heterocycles. The Hall–Kier alpha value is -0.140. The van der Waals surface area contributed by atoms with Crippen LogP contribution in [0.25, 0.3) is 0 Å². The number of rotatable bonds is 11. The van der Waals surface area contributed by atoms with Gasteiger partial charge in [-0.05, 0) is 24.5 Å². The van der Waals surface area contributed by atoms with Crippen LogP contribution in [0.5, 0.6) is 0 Å². The molecule has 0 aliphatic rings. The van der Waals surface area contributed by atoms with Crippen LogP contribution in [0.15, 0.2) is 16.3 Å². The molecule has 0 amide bonds. The number of thiophene rings is 1. The third-order valence-electron chi connectivity index (χ3n) is 3.84. The van der Waals surface area contributed by atoms with Crippen molar-refractivity contribution in [3.05, 3.63) is 16.5 Å². The Labute approximate surface area is 142 Å². The van der Waals surface area contributed by atoms with Crippen LogP contribution in [-0.4, -0.2) is 26.2 Å². The first kappa shape index (κ1) is 19.9. The maximum absolute atomic E-state index is 12.3. The normalized spacial score (nSPS) is 14.9. The molecule has 22 heavy (non-hydrogen) atoms. The largest absolute Gasteiger partial charge is 0.395 e. The van der Waals surface area contributed by atoms with E-state index in [1.807, 2.05) is 6.92 Å². The predicted octanol–water partition coefficient (Wildman–Crippen LogP) is 4.04. The lowest BCUT2D eigenvalue weighted by Gasteiger charge is -2.25. The van der Waals surface area contributed by atoms with Gasteiger partial charge >= 0.3 is 0 Å². The molecule has 0 aliphatic carbocycles. The monoisotopic (exact) mass is 367 g/mol. The van der Waals surface area contributed by atoms with Crippen LogP contribution in [0, 0.1) is 5.92 Å². The number of hydrogen-bond acceptors (Lipinski definition) is 4. The number of sulfonamides is 1. The van der Waals surface area contributed by atoms with E-state index in [4.69, 9.17) is 11.6 Å². The van der Waals surface area contributed by atoms with Crippen LogP contribution in [0.3, 0.4) is 0 Å². The molecule has 0 aromatic carbocycles. The molecular formula is C15H26ClNO3S2. The van der Waals surface area contributed by atoms with Crippen LogP contribution >= 0.6 is 22.9 Å². The number of nitrogens with one attached hydrogen (secondary N) is 1. The maximum Gasteiger partial charge on any atom is 0.250 e. The molecule has 0 unspecified atom stereocenters. The lowest BCUT2D eigenvalue weighted by atomic mass is 9.92. The van der Waals surface area contributed by atoms with Crippen LogP contribution in [0.2, 0.25) is 4.34 Å². The van der Waals surface area contributed by atoms with Gasteiger partial charge in [0.2, 0.25) is 10.0 Å². The highest BCUT2D eigenvalue weighted by Crippen LogP contribution is 2.27. The van der Waals surface area contributed by atoms with Gasteiger partial charge in [0.1, 0.15) is 4.21 Å². The molecule has 2 atom stereocenters. The van der Waals surface area contributed by atoms with Gasteiger partial charge in [0.25, 0.3) is 0 Å². The van der Waals surface area contributed by atoms with Gasteiger partial charge in [-0.2, -0.15) is 0 Å². The maximum atomic E-state index is 12.3. The fourth-order valence-electron chi connectivity index (χ4n) is 2.51. The van der Waals surface area contributed by atoms with Crippen molar-refractivity contribution in [2.75, 3.05) is 6.61 Å². The zero-order valence-corrected chi connectivity index (χ0v) is 15.6. The minimum atomic E-state index is -3.62. The Morgan fingerprint density at radius 2 is 2.00 bits per heavy atom. The number of aliphatic hydroxyl groups excluding tert-OH is 1. The van der Waals surface area contributed by atoms with E-state index in [2.05, 4.69) is 11.6 Å². The molecule has 0 bridgehead atoms. The summed E-state index contributed by atoms with van der Waals surface area (Å²) in [6, 6.07) is 2.61. The van der Waals surface area contributed by atoms with Crippen LogP contribution < -0.4 is 4.72 Å². The van der Waals surface area contributed by atoms with E-state index in [0.717, 1.165) is 37.0 Å². The van der Waals surface area contributed by atoms with E-state index in [0.29, 0.717) is 4.34 Å². The van der Waals surface area contributed by atoms with Crippen molar-refractivity contribution >= 4 is 33.0 Å². The Morgan fingerprint density at radius 3 is 2.50 bits per heavy atom. The van der Waals surface area contributed by atoms with E-state index in [1.165, 1.54) is 18.9 Å². The highest BCUT2D eigenvalue weighted by molar-refractivity contribution is 7.91. The van der Waals surface area contributed by atoms with Gasteiger partial charge in [-0.15, -0.1) is 11.3 Å². The first-order valence-corrected chi connectivity index (χ1v) is 10.5. The minimum absolute atomic E-state index is 0.145. The average molecular weight is 368 g/mol. The molecule has 0 saturated carbocycles.